The number of carboxylic acid groups (broad SMARTS) is 1. The Hall–Kier alpha value is -2.44. The highest BCUT2D eigenvalue weighted by Gasteiger charge is 2.03. The maximum Gasteiger partial charge on any atom is 0.329 e. The van der Waals surface area contributed by atoms with Crippen LogP contribution < -0.4 is 10.1 Å². The molecule has 0 spiro atoms. The molecule has 0 heterocycles. The molecule has 15 nitrogen and oxygen atoms in total. The minimum atomic E-state index is -1.12. The molecule has 0 radical (unpaired) electrons. The van der Waals surface area contributed by atoms with Crippen LogP contribution in [-0.4, -0.2) is 162 Å². The van der Waals surface area contributed by atoms with Crippen LogP contribution in [0.3, 0.4) is 0 Å². The van der Waals surface area contributed by atoms with Gasteiger partial charge in [0.1, 0.15) is 25.6 Å². The Balaban J connectivity index is 1.64. The topological polar surface area (TPSA) is 168 Å². The lowest BCUT2D eigenvalue weighted by molar-refractivity contribution is -0.143. The van der Waals surface area contributed by atoms with E-state index >= 15 is 0 Å². The Kier molecular flexibility index (Phi) is 29.7. The summed E-state index contributed by atoms with van der Waals surface area (Å²) >= 11 is 0. The normalized spacial score (nSPS) is 11.1. The van der Waals surface area contributed by atoms with Gasteiger partial charge in [0.05, 0.1) is 119 Å². The molecule has 0 saturated carbocycles. The Morgan fingerprint density at radius 3 is 1.20 bits per heavy atom. The second kappa shape index (κ2) is 32.9. The van der Waals surface area contributed by atoms with Crippen LogP contribution in [0.1, 0.15) is 0 Å². The van der Waals surface area contributed by atoms with Crippen molar-refractivity contribution >= 4 is 11.9 Å². The fourth-order valence-electron chi connectivity index (χ4n) is 3.14. The van der Waals surface area contributed by atoms with Gasteiger partial charge in [-0.2, -0.15) is 0 Å². The highest BCUT2D eigenvalue weighted by Crippen LogP contribution is 2.07. The van der Waals surface area contributed by atoms with Crippen LogP contribution in [0.4, 0.5) is 0 Å². The zero-order valence-electron chi connectivity index (χ0n) is 26.2. The third-order valence-corrected chi connectivity index (χ3v) is 5.24. The van der Waals surface area contributed by atoms with Crippen molar-refractivity contribution in [2.75, 3.05) is 145 Å². The first kappa shape index (κ1) is 40.6. The number of carbonyl (C=O) groups is 2. The Morgan fingerprint density at radius 2 is 0.822 bits per heavy atom. The number of amides is 1. The molecule has 0 unspecified atom stereocenters. The average molecular weight is 650 g/mol. The van der Waals surface area contributed by atoms with Crippen molar-refractivity contribution in [2.45, 2.75) is 0 Å². The van der Waals surface area contributed by atoms with Gasteiger partial charge in [0.15, 0.2) is 0 Å². The Labute approximate surface area is 265 Å². The van der Waals surface area contributed by atoms with Crippen LogP contribution in [0.25, 0.3) is 0 Å². The highest BCUT2D eigenvalue weighted by molar-refractivity contribution is 5.77. The molecule has 0 aliphatic heterocycles. The molecule has 0 aliphatic carbocycles. The number of rotatable bonds is 35. The van der Waals surface area contributed by atoms with E-state index in [-0.39, 0.29) is 6.61 Å². The molecule has 15 heteroatoms. The summed E-state index contributed by atoms with van der Waals surface area (Å²) in [4.78, 5) is 21.6. The van der Waals surface area contributed by atoms with E-state index in [9.17, 15) is 9.59 Å². The standard InChI is InChI=1S/C30H51NO14/c32-29(26-44-27-30(33)34)31-6-7-35-8-9-36-10-11-37-12-13-38-14-15-39-16-17-40-18-19-41-20-21-42-22-23-43-24-25-45-28-4-2-1-3-5-28/h1-5H,6-27H2,(H,31,32)(H,33,34). The summed E-state index contributed by atoms with van der Waals surface area (Å²) in [5.41, 5.74) is 0. The van der Waals surface area contributed by atoms with Crippen LogP contribution in [0, 0.1) is 0 Å². The Morgan fingerprint density at radius 1 is 0.467 bits per heavy atom. The number of ether oxygens (including phenoxy) is 11. The minimum absolute atomic E-state index is 0.300. The van der Waals surface area contributed by atoms with E-state index in [1.54, 1.807) is 0 Å². The number of carbonyl (C=O) groups excluding carboxylic acids is 1. The van der Waals surface area contributed by atoms with Crippen LogP contribution in [0.15, 0.2) is 30.3 Å². The third kappa shape index (κ3) is 31.3. The SMILES string of the molecule is O=C(O)COCC(=O)NCCOCCOCCOCCOCCOCCOCCOCCOCCOCCOc1ccccc1. The molecule has 1 aromatic rings. The molecular weight excluding hydrogens is 598 g/mol. The summed E-state index contributed by atoms with van der Waals surface area (Å²) in [6, 6.07) is 9.63. The lowest BCUT2D eigenvalue weighted by Crippen LogP contribution is -2.31. The largest absolute Gasteiger partial charge is 0.491 e. The average Bonchev–Trinajstić information content (AvgIpc) is 3.04. The van der Waals surface area contributed by atoms with Crippen molar-refractivity contribution in [1.29, 1.82) is 0 Å². The molecule has 0 fully saturated rings. The molecule has 0 aromatic heterocycles. The van der Waals surface area contributed by atoms with Crippen LogP contribution in [0.5, 0.6) is 5.75 Å². The monoisotopic (exact) mass is 649 g/mol. The fraction of sp³-hybridized carbons (Fsp3) is 0.733. The summed E-state index contributed by atoms with van der Waals surface area (Å²) in [6.45, 7) is 8.37. The summed E-state index contributed by atoms with van der Waals surface area (Å²) < 4.78 is 59.1. The molecular formula is C30H51NO14. The highest BCUT2D eigenvalue weighted by atomic mass is 16.6. The van der Waals surface area contributed by atoms with Gasteiger partial charge in [-0.15, -0.1) is 0 Å². The predicted octanol–water partition coefficient (Wildman–Crippen LogP) is 0.432. The second-order valence-corrected chi connectivity index (χ2v) is 8.91. The predicted molar refractivity (Wildman–Crippen MR) is 161 cm³/mol. The quantitative estimate of drug-likeness (QED) is 0.0972. The fourth-order valence-corrected chi connectivity index (χ4v) is 3.14. The first-order chi connectivity index (χ1) is 22.2. The van der Waals surface area contributed by atoms with Crippen molar-refractivity contribution in [2.24, 2.45) is 0 Å². The summed E-state index contributed by atoms with van der Waals surface area (Å²) in [5.74, 6) is -0.685. The zero-order valence-corrected chi connectivity index (χ0v) is 26.2. The van der Waals surface area contributed by atoms with E-state index < -0.39 is 18.5 Å². The van der Waals surface area contributed by atoms with Gasteiger partial charge < -0.3 is 62.5 Å². The van der Waals surface area contributed by atoms with Crippen molar-refractivity contribution < 1.29 is 66.8 Å². The van der Waals surface area contributed by atoms with E-state index in [0.29, 0.717) is 132 Å². The van der Waals surface area contributed by atoms with Crippen molar-refractivity contribution in [3.63, 3.8) is 0 Å². The van der Waals surface area contributed by atoms with E-state index in [4.69, 9.17) is 52.5 Å². The van der Waals surface area contributed by atoms with Crippen molar-refractivity contribution in [3.8, 4) is 5.75 Å². The smallest absolute Gasteiger partial charge is 0.329 e. The van der Waals surface area contributed by atoms with Gasteiger partial charge >= 0.3 is 5.97 Å². The number of hydrogen-bond donors (Lipinski definition) is 2. The third-order valence-electron chi connectivity index (χ3n) is 5.24. The molecule has 1 amide bonds. The van der Waals surface area contributed by atoms with E-state index in [0.717, 1.165) is 5.75 Å². The van der Waals surface area contributed by atoms with E-state index in [2.05, 4.69) is 10.1 Å². The van der Waals surface area contributed by atoms with Gasteiger partial charge in [-0.25, -0.2) is 4.79 Å². The van der Waals surface area contributed by atoms with Gasteiger partial charge in [-0.3, -0.25) is 4.79 Å². The molecule has 1 aromatic carbocycles. The number of benzene rings is 1. The summed E-state index contributed by atoms with van der Waals surface area (Å²) in [6.07, 6.45) is 0. The first-order valence-corrected chi connectivity index (χ1v) is 15.1. The number of hydrogen-bond acceptors (Lipinski definition) is 13. The lowest BCUT2D eigenvalue weighted by atomic mass is 10.3. The number of aliphatic carboxylic acids is 1. The van der Waals surface area contributed by atoms with E-state index in [1.807, 2.05) is 30.3 Å². The number of carboxylic acids is 1. The molecule has 2 N–H and O–H groups in total. The molecule has 0 atom stereocenters. The van der Waals surface area contributed by atoms with Crippen LogP contribution in [-0.2, 0) is 57.0 Å². The van der Waals surface area contributed by atoms with Gasteiger partial charge in [-0.1, -0.05) is 18.2 Å². The van der Waals surface area contributed by atoms with E-state index in [1.165, 1.54) is 0 Å². The molecule has 260 valence electrons. The molecule has 0 saturated heterocycles. The second-order valence-electron chi connectivity index (χ2n) is 8.91. The van der Waals surface area contributed by atoms with Crippen molar-refractivity contribution in [3.05, 3.63) is 30.3 Å². The van der Waals surface area contributed by atoms with Crippen molar-refractivity contribution in [1.82, 2.24) is 5.32 Å². The summed E-state index contributed by atoms with van der Waals surface area (Å²) in [5, 5.41) is 11.0. The Bertz CT molecular complexity index is 789. The van der Waals surface area contributed by atoms with Gasteiger partial charge in [0.2, 0.25) is 5.91 Å². The zero-order chi connectivity index (χ0) is 32.3. The molecule has 45 heavy (non-hydrogen) atoms. The molecule has 0 bridgehead atoms. The number of para-hydroxylation sites is 1. The number of nitrogens with one attached hydrogen (secondary N) is 1. The minimum Gasteiger partial charge on any atom is -0.491 e. The molecule has 0 aliphatic rings. The van der Waals surface area contributed by atoms with Gasteiger partial charge in [0, 0.05) is 6.54 Å². The maximum absolute atomic E-state index is 11.3. The molecule has 1 rings (SSSR count). The summed E-state index contributed by atoms with van der Waals surface area (Å²) in [7, 11) is 0. The van der Waals surface area contributed by atoms with Crippen LogP contribution in [0.2, 0.25) is 0 Å². The van der Waals surface area contributed by atoms with Gasteiger partial charge in [0.25, 0.3) is 0 Å². The lowest BCUT2D eigenvalue weighted by Gasteiger charge is -2.09. The maximum atomic E-state index is 11.3. The van der Waals surface area contributed by atoms with Crippen LogP contribution >= 0.6 is 0 Å². The first-order valence-electron chi connectivity index (χ1n) is 15.1. The van der Waals surface area contributed by atoms with Gasteiger partial charge in [-0.05, 0) is 12.1 Å².